The largest absolute Gasteiger partial charge is 0.478 e. The molecule has 1 aromatic heterocycles. The quantitative estimate of drug-likeness (QED) is 0.831. The number of piperidine rings is 2. The second-order valence-corrected chi connectivity index (χ2v) is 7.05. The number of aromatic nitrogens is 1. The number of β-amino-alcohol motifs (C(OH)–C–C–N with tert-alkyl or cyclic N) is 1. The van der Waals surface area contributed by atoms with Gasteiger partial charge in [0.25, 0.3) is 0 Å². The van der Waals surface area contributed by atoms with Gasteiger partial charge in [0.15, 0.2) is 0 Å². The number of carboxylic acids is 1. The van der Waals surface area contributed by atoms with Crippen LogP contribution in [0, 0.1) is 5.41 Å². The van der Waals surface area contributed by atoms with Crippen LogP contribution in [0.3, 0.4) is 0 Å². The molecule has 2 aliphatic rings. The van der Waals surface area contributed by atoms with E-state index in [1.54, 1.807) is 11.9 Å². The summed E-state index contributed by atoms with van der Waals surface area (Å²) in [4.78, 5) is 31.3. The topological polar surface area (TPSA) is 94.0 Å². The van der Waals surface area contributed by atoms with Gasteiger partial charge in [0.2, 0.25) is 5.91 Å². The van der Waals surface area contributed by atoms with E-state index in [9.17, 15) is 14.7 Å². The number of halogens is 1. The summed E-state index contributed by atoms with van der Waals surface area (Å²) in [5.41, 5.74) is -0.472. The van der Waals surface area contributed by atoms with Gasteiger partial charge in [-0.3, -0.25) is 4.79 Å². The molecule has 2 fully saturated rings. The zero-order chi connectivity index (χ0) is 17.5. The maximum atomic E-state index is 12.6. The molecule has 0 saturated carbocycles. The van der Waals surface area contributed by atoms with E-state index in [-0.39, 0.29) is 16.5 Å². The van der Waals surface area contributed by atoms with Crippen molar-refractivity contribution in [2.75, 3.05) is 31.6 Å². The van der Waals surface area contributed by atoms with Gasteiger partial charge in [0.05, 0.1) is 22.1 Å². The number of hydrogen-bond donors (Lipinski definition) is 2. The van der Waals surface area contributed by atoms with Crippen molar-refractivity contribution in [3.05, 3.63) is 22.8 Å². The molecule has 7 nitrogen and oxygen atoms in total. The van der Waals surface area contributed by atoms with Crippen LogP contribution in [0.15, 0.2) is 12.3 Å². The molecule has 8 heteroatoms. The first-order valence-electron chi connectivity index (χ1n) is 7.90. The number of nitrogens with zero attached hydrogens (tertiary/aromatic N) is 3. The lowest BCUT2D eigenvalue weighted by Gasteiger charge is -2.47. The van der Waals surface area contributed by atoms with Crippen molar-refractivity contribution >= 4 is 29.3 Å². The third-order valence-electron chi connectivity index (χ3n) is 5.00. The molecule has 3 rings (SSSR count). The average molecular weight is 354 g/mol. The molecule has 1 atom stereocenters. The van der Waals surface area contributed by atoms with E-state index in [1.807, 2.05) is 4.90 Å². The second kappa shape index (κ2) is 6.22. The Kier molecular flexibility index (Phi) is 4.40. The molecule has 0 aliphatic carbocycles. The Hall–Kier alpha value is -1.86. The van der Waals surface area contributed by atoms with Crippen LogP contribution < -0.4 is 4.90 Å². The van der Waals surface area contributed by atoms with Gasteiger partial charge in [-0.25, -0.2) is 9.78 Å². The van der Waals surface area contributed by atoms with Crippen molar-refractivity contribution < 1.29 is 19.8 Å². The van der Waals surface area contributed by atoms with E-state index in [2.05, 4.69) is 4.98 Å². The zero-order valence-electron chi connectivity index (χ0n) is 13.4. The van der Waals surface area contributed by atoms with Gasteiger partial charge in [-0.1, -0.05) is 11.6 Å². The number of likely N-dealkylation sites (N-methyl/N-ethyl adjacent to an activating group) is 1. The van der Waals surface area contributed by atoms with Crippen LogP contribution in [0.4, 0.5) is 5.82 Å². The SMILES string of the molecule is CN1CC(O)CC2(CCN(c3ncc(C(=O)O)cc3Cl)CC2)C1=O. The normalized spacial score (nSPS) is 23.6. The van der Waals surface area contributed by atoms with Crippen LogP contribution in [-0.4, -0.2) is 64.8 Å². The molecule has 24 heavy (non-hydrogen) atoms. The first kappa shape index (κ1) is 17.0. The molecule has 1 spiro atoms. The predicted octanol–water partition coefficient (Wildman–Crippen LogP) is 1.24. The van der Waals surface area contributed by atoms with E-state index in [4.69, 9.17) is 16.7 Å². The van der Waals surface area contributed by atoms with Gasteiger partial charge in [0, 0.05) is 32.9 Å². The van der Waals surface area contributed by atoms with Gasteiger partial charge < -0.3 is 20.0 Å². The maximum Gasteiger partial charge on any atom is 0.337 e. The molecular formula is C16H20ClN3O4. The minimum atomic E-state index is -1.07. The first-order chi connectivity index (χ1) is 11.3. The highest BCUT2D eigenvalue weighted by molar-refractivity contribution is 6.33. The van der Waals surface area contributed by atoms with Crippen molar-refractivity contribution in [3.63, 3.8) is 0 Å². The maximum absolute atomic E-state index is 12.6. The van der Waals surface area contributed by atoms with Crippen LogP contribution in [0.2, 0.25) is 5.02 Å². The number of pyridine rings is 1. The summed E-state index contributed by atoms with van der Waals surface area (Å²) in [6, 6.07) is 1.39. The Labute approximate surface area is 144 Å². The summed E-state index contributed by atoms with van der Waals surface area (Å²) in [6.45, 7) is 1.56. The molecule has 1 unspecified atom stereocenters. The number of aromatic carboxylic acids is 1. The number of aliphatic hydroxyl groups is 1. The highest BCUT2D eigenvalue weighted by Crippen LogP contribution is 2.42. The molecule has 130 valence electrons. The molecule has 1 aromatic rings. The van der Waals surface area contributed by atoms with Crippen molar-refractivity contribution in [2.24, 2.45) is 5.41 Å². The number of amides is 1. The third kappa shape index (κ3) is 2.93. The zero-order valence-corrected chi connectivity index (χ0v) is 14.2. The molecule has 1 amide bonds. The standard InChI is InChI=1S/C16H20ClN3O4/c1-19-9-11(21)7-16(15(19)24)2-4-20(5-3-16)13-12(17)6-10(8-18-13)14(22)23/h6,8,11,21H,2-5,7,9H2,1H3,(H,22,23). The number of carbonyl (C=O) groups is 2. The summed E-state index contributed by atoms with van der Waals surface area (Å²) < 4.78 is 0. The predicted molar refractivity (Wildman–Crippen MR) is 88.3 cm³/mol. The Morgan fingerprint density at radius 3 is 2.67 bits per heavy atom. The Morgan fingerprint density at radius 2 is 2.08 bits per heavy atom. The van der Waals surface area contributed by atoms with E-state index in [1.165, 1.54) is 12.3 Å². The van der Waals surface area contributed by atoms with Crippen LogP contribution in [0.1, 0.15) is 29.6 Å². The van der Waals surface area contributed by atoms with Crippen LogP contribution >= 0.6 is 11.6 Å². The molecule has 3 heterocycles. The van der Waals surface area contributed by atoms with E-state index >= 15 is 0 Å². The number of anilines is 1. The summed E-state index contributed by atoms with van der Waals surface area (Å²) in [5, 5.41) is 19.3. The van der Waals surface area contributed by atoms with Gasteiger partial charge in [-0.05, 0) is 25.3 Å². The van der Waals surface area contributed by atoms with Crippen molar-refractivity contribution in [2.45, 2.75) is 25.4 Å². The fourth-order valence-corrected chi connectivity index (χ4v) is 4.04. The monoisotopic (exact) mass is 353 g/mol. The fraction of sp³-hybridized carbons (Fsp3) is 0.562. The Bertz CT molecular complexity index is 673. The number of likely N-dealkylation sites (tertiary alicyclic amines) is 1. The Morgan fingerprint density at radius 1 is 1.42 bits per heavy atom. The average Bonchev–Trinajstić information content (AvgIpc) is 2.53. The van der Waals surface area contributed by atoms with E-state index < -0.39 is 17.5 Å². The molecule has 2 saturated heterocycles. The lowest BCUT2D eigenvalue weighted by Crippen LogP contribution is -2.56. The second-order valence-electron chi connectivity index (χ2n) is 6.65. The highest BCUT2D eigenvalue weighted by Gasteiger charge is 2.47. The van der Waals surface area contributed by atoms with Gasteiger partial charge in [0.1, 0.15) is 5.82 Å². The van der Waals surface area contributed by atoms with Gasteiger partial charge in [-0.2, -0.15) is 0 Å². The summed E-state index contributed by atoms with van der Waals surface area (Å²) >= 11 is 6.18. The smallest absolute Gasteiger partial charge is 0.337 e. The molecule has 0 bridgehead atoms. The summed E-state index contributed by atoms with van der Waals surface area (Å²) in [5.74, 6) is -0.445. The lowest BCUT2D eigenvalue weighted by atomic mass is 9.71. The molecule has 2 N–H and O–H groups in total. The number of carboxylic acid groups (broad SMARTS) is 1. The van der Waals surface area contributed by atoms with Crippen molar-refractivity contribution in [3.8, 4) is 0 Å². The minimum Gasteiger partial charge on any atom is -0.478 e. The minimum absolute atomic E-state index is 0.0458. The molecule has 0 radical (unpaired) electrons. The molecule has 2 aliphatic heterocycles. The van der Waals surface area contributed by atoms with Crippen LogP contribution in [0.25, 0.3) is 0 Å². The van der Waals surface area contributed by atoms with E-state index in [0.29, 0.717) is 44.7 Å². The van der Waals surface area contributed by atoms with Crippen LogP contribution in [0.5, 0.6) is 0 Å². The summed E-state index contributed by atoms with van der Waals surface area (Å²) in [6.07, 6.45) is 2.52. The van der Waals surface area contributed by atoms with E-state index in [0.717, 1.165) is 0 Å². The summed E-state index contributed by atoms with van der Waals surface area (Å²) in [7, 11) is 1.72. The number of hydrogen-bond acceptors (Lipinski definition) is 5. The third-order valence-corrected chi connectivity index (χ3v) is 5.28. The number of carbonyl (C=O) groups excluding carboxylic acids is 1. The van der Waals surface area contributed by atoms with Crippen LogP contribution in [-0.2, 0) is 4.79 Å². The van der Waals surface area contributed by atoms with Crippen molar-refractivity contribution in [1.82, 2.24) is 9.88 Å². The van der Waals surface area contributed by atoms with Gasteiger partial charge in [-0.15, -0.1) is 0 Å². The fourth-order valence-electron chi connectivity index (χ4n) is 3.75. The lowest BCUT2D eigenvalue weighted by molar-refractivity contribution is -0.152. The van der Waals surface area contributed by atoms with Crippen molar-refractivity contribution in [1.29, 1.82) is 0 Å². The number of rotatable bonds is 2. The van der Waals surface area contributed by atoms with Gasteiger partial charge >= 0.3 is 5.97 Å². The number of aliphatic hydroxyl groups excluding tert-OH is 1. The highest BCUT2D eigenvalue weighted by atomic mass is 35.5. The Balaban J connectivity index is 1.75. The first-order valence-corrected chi connectivity index (χ1v) is 8.28. The molecule has 0 aromatic carbocycles. The molecular weight excluding hydrogens is 334 g/mol.